The van der Waals surface area contributed by atoms with Crippen LogP contribution in [-0.2, 0) is 9.59 Å². The van der Waals surface area contributed by atoms with Gasteiger partial charge in [0, 0.05) is 13.1 Å². The van der Waals surface area contributed by atoms with Gasteiger partial charge < -0.3 is 10.2 Å². The summed E-state index contributed by atoms with van der Waals surface area (Å²) >= 11 is 0. The van der Waals surface area contributed by atoms with Gasteiger partial charge in [0.25, 0.3) is 5.91 Å². The van der Waals surface area contributed by atoms with Gasteiger partial charge in [0.05, 0.1) is 0 Å². The van der Waals surface area contributed by atoms with Gasteiger partial charge in [-0.1, -0.05) is 39.3 Å². The zero-order valence-electron chi connectivity index (χ0n) is 17.0. The summed E-state index contributed by atoms with van der Waals surface area (Å²) in [6.45, 7) is 11.8. The third kappa shape index (κ3) is 3.76. The molecule has 1 saturated carbocycles. The number of hydrogen-bond donors (Lipinski definition) is 1. The van der Waals surface area contributed by atoms with E-state index in [4.69, 9.17) is 0 Å². The Morgan fingerprint density at radius 3 is 2.37 bits per heavy atom. The first-order valence-corrected chi connectivity index (χ1v) is 10.3. The molecule has 0 unspecified atom stereocenters. The first kappa shape index (κ1) is 19.9. The van der Waals surface area contributed by atoms with Gasteiger partial charge in [0.15, 0.2) is 0 Å². The van der Waals surface area contributed by atoms with E-state index in [1.165, 1.54) is 0 Å². The maximum Gasteiger partial charge on any atom is 0.325 e. The molecule has 2 saturated heterocycles. The van der Waals surface area contributed by atoms with E-state index in [2.05, 4.69) is 32.7 Å². The molecular weight excluding hydrogens is 342 g/mol. The van der Waals surface area contributed by atoms with Crippen LogP contribution in [-0.4, -0.2) is 52.8 Å². The summed E-state index contributed by atoms with van der Waals surface area (Å²) in [5.74, 6) is 0.203. The van der Waals surface area contributed by atoms with Gasteiger partial charge in [0.2, 0.25) is 5.91 Å². The van der Waals surface area contributed by atoms with Gasteiger partial charge in [-0.25, -0.2) is 4.79 Å². The van der Waals surface area contributed by atoms with Crippen LogP contribution in [0.3, 0.4) is 0 Å². The summed E-state index contributed by atoms with van der Waals surface area (Å²) in [6.07, 6.45) is 5.90. The average Bonchev–Trinajstić information content (AvgIpc) is 2.86. The molecule has 0 bridgehead atoms. The summed E-state index contributed by atoms with van der Waals surface area (Å²) in [4.78, 5) is 41.0. The number of imide groups is 1. The zero-order valence-corrected chi connectivity index (χ0v) is 17.0. The Hall–Kier alpha value is -1.85. The molecule has 1 aliphatic carbocycles. The molecule has 3 fully saturated rings. The van der Waals surface area contributed by atoms with Crippen LogP contribution in [0.25, 0.3) is 0 Å². The number of nitrogens with one attached hydrogen (secondary N) is 1. The minimum atomic E-state index is -0.798. The Morgan fingerprint density at radius 1 is 1.22 bits per heavy atom. The van der Waals surface area contributed by atoms with Crippen molar-refractivity contribution in [2.75, 3.05) is 19.6 Å². The fourth-order valence-electron chi connectivity index (χ4n) is 4.65. The van der Waals surface area contributed by atoms with E-state index >= 15 is 0 Å². The van der Waals surface area contributed by atoms with Crippen LogP contribution in [0, 0.1) is 11.3 Å². The quantitative estimate of drug-likeness (QED) is 0.606. The van der Waals surface area contributed by atoms with Gasteiger partial charge in [-0.15, -0.1) is 0 Å². The fraction of sp³-hybridized carbons (Fsp3) is 0.762. The SMILES string of the molecule is C=C1CCN(C(=O)CN2C(=O)NC3(CCC(C(C)(C)CC)CC3)C2=O)CC1. The van der Waals surface area contributed by atoms with E-state index in [0.717, 1.165) is 42.6 Å². The van der Waals surface area contributed by atoms with E-state index in [9.17, 15) is 14.4 Å². The predicted molar refractivity (Wildman–Crippen MR) is 104 cm³/mol. The molecular formula is C21H33N3O3. The lowest BCUT2D eigenvalue weighted by atomic mass is 9.65. The van der Waals surface area contributed by atoms with Gasteiger partial charge >= 0.3 is 6.03 Å². The lowest BCUT2D eigenvalue weighted by molar-refractivity contribution is -0.140. The molecule has 3 rings (SSSR count). The van der Waals surface area contributed by atoms with Crippen molar-refractivity contribution in [1.82, 2.24) is 15.1 Å². The van der Waals surface area contributed by atoms with Crippen LogP contribution in [0.5, 0.6) is 0 Å². The number of rotatable bonds is 4. The molecule has 4 amide bonds. The molecule has 1 spiro atoms. The van der Waals surface area contributed by atoms with Crippen molar-refractivity contribution >= 4 is 17.8 Å². The number of likely N-dealkylation sites (tertiary alicyclic amines) is 1. The van der Waals surface area contributed by atoms with Crippen LogP contribution in [0.1, 0.15) is 65.7 Å². The minimum Gasteiger partial charge on any atom is -0.341 e. The Kier molecular flexibility index (Phi) is 5.37. The molecule has 2 aliphatic heterocycles. The van der Waals surface area contributed by atoms with Crippen molar-refractivity contribution in [3.05, 3.63) is 12.2 Å². The largest absolute Gasteiger partial charge is 0.341 e. The Balaban J connectivity index is 1.62. The molecule has 0 radical (unpaired) electrons. The van der Waals surface area contributed by atoms with Crippen molar-refractivity contribution in [3.63, 3.8) is 0 Å². The molecule has 27 heavy (non-hydrogen) atoms. The standard InChI is InChI=1S/C21H33N3O3/c1-5-20(3,4)16-6-10-21(11-7-16)18(26)24(19(27)22-21)14-17(25)23-12-8-15(2)9-13-23/h16H,2,5-14H2,1,3-4H3,(H,22,27). The summed E-state index contributed by atoms with van der Waals surface area (Å²) in [5, 5.41) is 2.93. The van der Waals surface area contributed by atoms with E-state index < -0.39 is 11.6 Å². The number of carbonyl (C=O) groups is 3. The van der Waals surface area contributed by atoms with E-state index in [1.54, 1.807) is 4.90 Å². The Bertz CT molecular complexity index is 637. The lowest BCUT2D eigenvalue weighted by Crippen LogP contribution is -2.51. The number of hydrogen-bond acceptors (Lipinski definition) is 3. The van der Waals surface area contributed by atoms with Crippen LogP contribution in [0.4, 0.5) is 4.79 Å². The summed E-state index contributed by atoms with van der Waals surface area (Å²) in [5.41, 5.74) is 0.606. The maximum atomic E-state index is 13.0. The maximum absolute atomic E-state index is 13.0. The molecule has 0 aromatic carbocycles. The molecule has 6 nitrogen and oxygen atoms in total. The van der Waals surface area contributed by atoms with Crippen LogP contribution < -0.4 is 5.32 Å². The normalized spacial score (nSPS) is 29.4. The smallest absolute Gasteiger partial charge is 0.325 e. The highest BCUT2D eigenvalue weighted by atomic mass is 16.2. The minimum absolute atomic E-state index is 0.149. The van der Waals surface area contributed by atoms with Crippen LogP contribution >= 0.6 is 0 Å². The molecule has 150 valence electrons. The number of nitrogens with zero attached hydrogens (tertiary/aromatic N) is 2. The van der Waals surface area contributed by atoms with Crippen molar-refractivity contribution < 1.29 is 14.4 Å². The first-order chi connectivity index (χ1) is 12.7. The lowest BCUT2D eigenvalue weighted by Gasteiger charge is -2.42. The van der Waals surface area contributed by atoms with Crippen molar-refractivity contribution in [2.45, 2.75) is 71.3 Å². The second-order valence-electron chi connectivity index (χ2n) is 9.15. The third-order valence-corrected chi connectivity index (χ3v) is 7.22. The molecule has 0 aromatic rings. The molecule has 6 heteroatoms. The highest BCUT2D eigenvalue weighted by Crippen LogP contribution is 2.45. The predicted octanol–water partition coefficient (Wildman–Crippen LogP) is 3.08. The van der Waals surface area contributed by atoms with Crippen molar-refractivity contribution in [1.29, 1.82) is 0 Å². The second-order valence-corrected chi connectivity index (χ2v) is 9.15. The summed E-state index contributed by atoms with van der Waals surface area (Å²) < 4.78 is 0. The van der Waals surface area contributed by atoms with Gasteiger partial charge in [-0.2, -0.15) is 0 Å². The van der Waals surface area contributed by atoms with Crippen LogP contribution in [0.15, 0.2) is 12.2 Å². The van der Waals surface area contributed by atoms with Crippen molar-refractivity contribution in [2.24, 2.45) is 11.3 Å². The molecule has 2 heterocycles. The highest BCUT2D eigenvalue weighted by molar-refractivity contribution is 6.09. The first-order valence-electron chi connectivity index (χ1n) is 10.3. The molecule has 1 N–H and O–H groups in total. The molecule has 0 atom stereocenters. The average molecular weight is 376 g/mol. The van der Waals surface area contributed by atoms with E-state index in [-0.39, 0.29) is 23.8 Å². The van der Waals surface area contributed by atoms with Gasteiger partial charge in [-0.05, 0) is 49.9 Å². The zero-order chi connectivity index (χ0) is 19.8. The third-order valence-electron chi connectivity index (χ3n) is 7.22. The summed E-state index contributed by atoms with van der Waals surface area (Å²) in [7, 11) is 0. The van der Waals surface area contributed by atoms with Crippen molar-refractivity contribution in [3.8, 4) is 0 Å². The highest BCUT2D eigenvalue weighted by Gasteiger charge is 2.53. The van der Waals surface area contributed by atoms with E-state index in [1.807, 2.05) is 0 Å². The monoisotopic (exact) mass is 375 g/mol. The summed E-state index contributed by atoms with van der Waals surface area (Å²) in [6, 6.07) is -0.414. The Labute approximate surface area is 162 Å². The second kappa shape index (κ2) is 7.28. The number of carbonyl (C=O) groups excluding carboxylic acids is 3. The molecule has 0 aromatic heterocycles. The molecule has 3 aliphatic rings. The number of amides is 4. The van der Waals surface area contributed by atoms with Gasteiger partial charge in [-0.3, -0.25) is 14.5 Å². The number of piperidine rings is 1. The van der Waals surface area contributed by atoms with E-state index in [0.29, 0.717) is 31.8 Å². The van der Waals surface area contributed by atoms with Crippen LogP contribution in [0.2, 0.25) is 0 Å². The number of urea groups is 1. The fourth-order valence-corrected chi connectivity index (χ4v) is 4.65. The topological polar surface area (TPSA) is 69.7 Å². The van der Waals surface area contributed by atoms with Gasteiger partial charge in [0.1, 0.15) is 12.1 Å². The Morgan fingerprint density at radius 2 is 1.81 bits per heavy atom.